The Bertz CT molecular complexity index is 1510. The van der Waals surface area contributed by atoms with Gasteiger partial charge in [0.05, 0.1) is 20.6 Å². The van der Waals surface area contributed by atoms with Crippen LogP contribution in [0.15, 0.2) is 71.6 Å². The molecule has 1 aliphatic carbocycles. The normalized spacial score (nSPS) is 14.4. The summed E-state index contributed by atoms with van der Waals surface area (Å²) in [6, 6.07) is 15.5. The summed E-state index contributed by atoms with van der Waals surface area (Å²) in [6.07, 6.45) is 4.06. The van der Waals surface area contributed by atoms with E-state index in [0.717, 1.165) is 35.6 Å². The smallest absolute Gasteiger partial charge is 0.264 e. The molecule has 1 aliphatic rings. The van der Waals surface area contributed by atoms with Gasteiger partial charge in [-0.05, 0) is 68.1 Å². The van der Waals surface area contributed by atoms with E-state index in [1.807, 2.05) is 6.92 Å². The molecule has 0 saturated heterocycles. The molecule has 0 bridgehead atoms. The van der Waals surface area contributed by atoms with Crippen molar-refractivity contribution in [3.8, 4) is 0 Å². The van der Waals surface area contributed by atoms with Gasteiger partial charge in [0.2, 0.25) is 11.8 Å². The maximum Gasteiger partial charge on any atom is 0.264 e. The minimum absolute atomic E-state index is 0.0259. The lowest BCUT2D eigenvalue weighted by Crippen LogP contribution is -2.53. The number of sulfonamides is 1. The fourth-order valence-electron chi connectivity index (χ4n) is 5.11. The molecule has 1 fully saturated rings. The summed E-state index contributed by atoms with van der Waals surface area (Å²) >= 11 is 12.7. The first kappa shape index (κ1) is 31.8. The first-order valence-electron chi connectivity index (χ1n) is 13.9. The highest BCUT2D eigenvalue weighted by Gasteiger charge is 2.35. The summed E-state index contributed by atoms with van der Waals surface area (Å²) in [5, 5.41) is 3.15. The SMILES string of the molecule is CCC(C(=O)NC1CCCC1)N(Cc1ccc(F)cc1)C(=O)CN(c1cccc(Cl)c1Cl)S(=O)(=O)c1ccc(C)cc1. The molecule has 0 heterocycles. The van der Waals surface area contributed by atoms with Crippen molar-refractivity contribution in [1.29, 1.82) is 0 Å². The molecule has 11 heteroatoms. The minimum atomic E-state index is -4.30. The van der Waals surface area contributed by atoms with Crippen molar-refractivity contribution in [2.75, 3.05) is 10.8 Å². The number of nitrogens with zero attached hydrogens (tertiary/aromatic N) is 2. The zero-order valence-electron chi connectivity index (χ0n) is 23.5. The van der Waals surface area contributed by atoms with Crippen LogP contribution in [0, 0.1) is 12.7 Å². The van der Waals surface area contributed by atoms with Crippen molar-refractivity contribution in [2.45, 2.75) is 69.5 Å². The van der Waals surface area contributed by atoms with E-state index in [4.69, 9.17) is 23.2 Å². The predicted octanol–water partition coefficient (Wildman–Crippen LogP) is 6.50. The monoisotopic (exact) mass is 633 g/mol. The molecular weight excluding hydrogens is 600 g/mol. The van der Waals surface area contributed by atoms with Gasteiger partial charge in [0.15, 0.2) is 0 Å². The van der Waals surface area contributed by atoms with Gasteiger partial charge < -0.3 is 10.2 Å². The fraction of sp³-hybridized carbons (Fsp3) is 0.355. The topological polar surface area (TPSA) is 86.8 Å². The third-order valence-corrected chi connectivity index (χ3v) is 10.0. The highest BCUT2D eigenvalue weighted by Crippen LogP contribution is 2.35. The molecule has 1 unspecified atom stereocenters. The summed E-state index contributed by atoms with van der Waals surface area (Å²) in [6.45, 7) is 2.95. The molecule has 0 aliphatic heterocycles. The van der Waals surface area contributed by atoms with Crippen molar-refractivity contribution < 1.29 is 22.4 Å². The van der Waals surface area contributed by atoms with E-state index in [9.17, 15) is 22.4 Å². The minimum Gasteiger partial charge on any atom is -0.352 e. The zero-order chi connectivity index (χ0) is 30.4. The summed E-state index contributed by atoms with van der Waals surface area (Å²) in [7, 11) is -4.30. The van der Waals surface area contributed by atoms with Gasteiger partial charge in [0, 0.05) is 12.6 Å². The van der Waals surface area contributed by atoms with Crippen LogP contribution in [0.5, 0.6) is 0 Å². The summed E-state index contributed by atoms with van der Waals surface area (Å²) in [5.41, 5.74) is 1.48. The molecule has 0 aromatic heterocycles. The first-order valence-corrected chi connectivity index (χ1v) is 16.1. The third-order valence-electron chi connectivity index (χ3n) is 7.44. The van der Waals surface area contributed by atoms with E-state index in [1.165, 1.54) is 53.4 Å². The number of carbonyl (C=O) groups excluding carboxylic acids is 2. The van der Waals surface area contributed by atoms with Crippen LogP contribution in [0.3, 0.4) is 0 Å². The van der Waals surface area contributed by atoms with Gasteiger partial charge in [-0.15, -0.1) is 0 Å². The van der Waals surface area contributed by atoms with Crippen molar-refractivity contribution in [1.82, 2.24) is 10.2 Å². The molecule has 1 saturated carbocycles. The highest BCUT2D eigenvalue weighted by atomic mass is 35.5. The average molecular weight is 635 g/mol. The number of amides is 2. The molecule has 4 rings (SSSR count). The molecule has 2 amide bonds. The largest absolute Gasteiger partial charge is 0.352 e. The van der Waals surface area contributed by atoms with Crippen LogP contribution in [-0.2, 0) is 26.2 Å². The molecule has 42 heavy (non-hydrogen) atoms. The Kier molecular flexibility index (Phi) is 10.5. The lowest BCUT2D eigenvalue weighted by Gasteiger charge is -2.34. The van der Waals surface area contributed by atoms with E-state index in [1.54, 1.807) is 25.1 Å². The number of aryl methyl sites for hydroxylation is 1. The van der Waals surface area contributed by atoms with Gasteiger partial charge in [-0.25, -0.2) is 12.8 Å². The van der Waals surface area contributed by atoms with Crippen LogP contribution in [0.2, 0.25) is 10.0 Å². The van der Waals surface area contributed by atoms with Crippen molar-refractivity contribution >= 4 is 50.7 Å². The second-order valence-corrected chi connectivity index (χ2v) is 13.1. The number of rotatable bonds is 11. The Morgan fingerprint density at radius 2 is 1.64 bits per heavy atom. The van der Waals surface area contributed by atoms with Gasteiger partial charge in [-0.3, -0.25) is 13.9 Å². The van der Waals surface area contributed by atoms with Gasteiger partial charge in [-0.2, -0.15) is 0 Å². The Morgan fingerprint density at radius 1 is 1.00 bits per heavy atom. The van der Waals surface area contributed by atoms with Gasteiger partial charge in [-0.1, -0.05) is 78.9 Å². The lowest BCUT2D eigenvalue weighted by molar-refractivity contribution is -0.140. The Balaban J connectivity index is 1.74. The Labute approximate surface area is 256 Å². The molecule has 1 atom stereocenters. The van der Waals surface area contributed by atoms with Gasteiger partial charge >= 0.3 is 0 Å². The number of hydrogen-bond donors (Lipinski definition) is 1. The number of halogens is 3. The first-order chi connectivity index (χ1) is 20.0. The van der Waals surface area contributed by atoms with E-state index < -0.39 is 34.3 Å². The molecule has 3 aromatic rings. The van der Waals surface area contributed by atoms with Crippen LogP contribution >= 0.6 is 23.2 Å². The third kappa shape index (κ3) is 7.43. The predicted molar refractivity (Wildman–Crippen MR) is 164 cm³/mol. The highest BCUT2D eigenvalue weighted by molar-refractivity contribution is 7.92. The van der Waals surface area contributed by atoms with Crippen LogP contribution in [-0.4, -0.2) is 43.8 Å². The molecule has 0 spiro atoms. The molecule has 3 aromatic carbocycles. The van der Waals surface area contributed by atoms with Crippen LogP contribution < -0.4 is 9.62 Å². The number of hydrogen-bond acceptors (Lipinski definition) is 4. The van der Waals surface area contributed by atoms with E-state index in [0.29, 0.717) is 5.56 Å². The van der Waals surface area contributed by atoms with Gasteiger partial charge in [0.1, 0.15) is 18.4 Å². The Hall–Kier alpha value is -3.14. The lowest BCUT2D eigenvalue weighted by atomic mass is 10.1. The summed E-state index contributed by atoms with van der Waals surface area (Å²) in [4.78, 5) is 29.0. The average Bonchev–Trinajstić information content (AvgIpc) is 3.47. The second-order valence-electron chi connectivity index (χ2n) is 10.5. The molecule has 224 valence electrons. The van der Waals surface area contributed by atoms with Crippen LogP contribution in [0.4, 0.5) is 10.1 Å². The standard InChI is InChI=1S/C31H34Cl2FN3O4S/c1-3-27(31(39)35-24-7-4-5-8-24)36(19-22-13-15-23(34)16-14-22)29(38)20-37(28-10-6-9-26(32)30(28)33)42(40,41)25-17-11-21(2)12-18-25/h6,9-18,24,27H,3-5,7-8,19-20H2,1-2H3,(H,35,39). The van der Waals surface area contributed by atoms with Gasteiger partial charge in [0.25, 0.3) is 10.0 Å². The van der Waals surface area contributed by atoms with E-state index >= 15 is 0 Å². The number of benzene rings is 3. The molecular formula is C31H34Cl2FN3O4S. The number of carbonyl (C=O) groups is 2. The van der Waals surface area contributed by atoms with Crippen LogP contribution in [0.25, 0.3) is 0 Å². The van der Waals surface area contributed by atoms with Crippen molar-refractivity contribution in [3.63, 3.8) is 0 Å². The molecule has 7 nitrogen and oxygen atoms in total. The van der Waals surface area contributed by atoms with Crippen molar-refractivity contribution in [2.24, 2.45) is 0 Å². The van der Waals surface area contributed by atoms with E-state index in [-0.39, 0.29) is 45.5 Å². The summed E-state index contributed by atoms with van der Waals surface area (Å²) < 4.78 is 42.6. The number of nitrogens with one attached hydrogen (secondary N) is 1. The zero-order valence-corrected chi connectivity index (χ0v) is 25.9. The maximum absolute atomic E-state index is 14.2. The van der Waals surface area contributed by atoms with Crippen molar-refractivity contribution in [3.05, 3.63) is 93.7 Å². The molecule has 0 radical (unpaired) electrons. The second kappa shape index (κ2) is 13.9. The van der Waals surface area contributed by atoms with E-state index in [2.05, 4.69) is 5.32 Å². The number of anilines is 1. The van der Waals surface area contributed by atoms with Crippen LogP contribution in [0.1, 0.15) is 50.2 Å². The maximum atomic E-state index is 14.2. The Morgan fingerprint density at radius 3 is 2.26 bits per heavy atom. The fourth-order valence-corrected chi connectivity index (χ4v) is 6.98. The molecule has 1 N–H and O–H groups in total. The quantitative estimate of drug-likeness (QED) is 0.261. The summed E-state index contributed by atoms with van der Waals surface area (Å²) in [5.74, 6) is -1.37.